The minimum Gasteiger partial charge on any atom is -0.395 e. The van der Waals surface area contributed by atoms with Gasteiger partial charge in [0.2, 0.25) is 0 Å². The molecule has 0 bridgehead atoms. The summed E-state index contributed by atoms with van der Waals surface area (Å²) in [6.07, 6.45) is 0. The Morgan fingerprint density at radius 1 is 1.09 bits per heavy atom. The second-order valence-electron chi connectivity index (χ2n) is 6.16. The van der Waals surface area contributed by atoms with Gasteiger partial charge in [0.25, 0.3) is 5.91 Å². The van der Waals surface area contributed by atoms with E-state index in [1.165, 1.54) is 5.56 Å². The van der Waals surface area contributed by atoms with Crippen molar-refractivity contribution < 1.29 is 9.90 Å². The van der Waals surface area contributed by atoms with Crippen molar-refractivity contribution in [1.29, 1.82) is 0 Å². The second kappa shape index (κ2) is 7.79. The molecule has 4 heteroatoms. The largest absolute Gasteiger partial charge is 0.395 e. The Labute approximate surface area is 137 Å². The van der Waals surface area contributed by atoms with Crippen LogP contribution in [0.15, 0.2) is 54.6 Å². The highest BCUT2D eigenvalue weighted by Gasteiger charge is 2.20. The van der Waals surface area contributed by atoms with E-state index in [9.17, 15) is 4.79 Å². The zero-order valence-corrected chi connectivity index (χ0v) is 13.7. The average Bonchev–Trinajstić information content (AvgIpc) is 2.59. The molecule has 0 fully saturated rings. The third-order valence-corrected chi connectivity index (χ3v) is 3.81. The maximum absolute atomic E-state index is 11.9. The molecule has 4 nitrogen and oxygen atoms in total. The first-order valence-corrected chi connectivity index (χ1v) is 7.81. The van der Waals surface area contributed by atoms with Crippen molar-refractivity contribution >= 4 is 11.6 Å². The smallest absolute Gasteiger partial charge is 0.251 e. The molecule has 2 aromatic carbocycles. The summed E-state index contributed by atoms with van der Waals surface area (Å²) in [7, 11) is 0. The summed E-state index contributed by atoms with van der Waals surface area (Å²) in [4.78, 5) is 11.9. The topological polar surface area (TPSA) is 61.4 Å². The van der Waals surface area contributed by atoms with Crippen molar-refractivity contribution in [3.8, 4) is 0 Å². The lowest BCUT2D eigenvalue weighted by atomic mass is 9.84. The number of carbonyl (C=O) groups excluding carboxylic acids is 1. The van der Waals surface area contributed by atoms with Crippen molar-refractivity contribution in [2.45, 2.75) is 19.3 Å². The van der Waals surface area contributed by atoms with E-state index in [0.717, 1.165) is 12.2 Å². The van der Waals surface area contributed by atoms with E-state index in [0.29, 0.717) is 5.56 Å². The molecule has 0 saturated heterocycles. The molecule has 23 heavy (non-hydrogen) atoms. The van der Waals surface area contributed by atoms with E-state index in [-0.39, 0.29) is 24.5 Å². The van der Waals surface area contributed by atoms with Crippen LogP contribution in [0, 0.1) is 0 Å². The summed E-state index contributed by atoms with van der Waals surface area (Å²) >= 11 is 0. The number of aliphatic hydroxyl groups excluding tert-OH is 1. The number of carbonyl (C=O) groups is 1. The quantitative estimate of drug-likeness (QED) is 0.737. The summed E-state index contributed by atoms with van der Waals surface area (Å²) in [6, 6.07) is 17.7. The third-order valence-electron chi connectivity index (χ3n) is 3.81. The zero-order valence-electron chi connectivity index (χ0n) is 13.7. The van der Waals surface area contributed by atoms with Gasteiger partial charge in [0.1, 0.15) is 0 Å². The van der Waals surface area contributed by atoms with Gasteiger partial charge < -0.3 is 15.7 Å². The Balaban J connectivity index is 2.02. The molecule has 0 spiro atoms. The highest BCUT2D eigenvalue weighted by molar-refractivity contribution is 5.95. The van der Waals surface area contributed by atoms with Crippen LogP contribution >= 0.6 is 0 Å². The van der Waals surface area contributed by atoms with Crippen LogP contribution in [-0.4, -0.2) is 30.7 Å². The van der Waals surface area contributed by atoms with Crippen LogP contribution in [0.1, 0.15) is 29.8 Å². The molecule has 122 valence electrons. The molecule has 0 unspecified atom stereocenters. The lowest BCUT2D eigenvalue weighted by molar-refractivity contribution is 0.0945. The monoisotopic (exact) mass is 312 g/mol. The lowest BCUT2D eigenvalue weighted by Crippen LogP contribution is -2.28. The molecular weight excluding hydrogens is 288 g/mol. The number of benzene rings is 2. The minimum absolute atomic E-state index is 0.0174. The molecule has 0 aromatic heterocycles. The van der Waals surface area contributed by atoms with E-state index < -0.39 is 0 Å². The van der Waals surface area contributed by atoms with Gasteiger partial charge in [-0.3, -0.25) is 4.79 Å². The first-order chi connectivity index (χ1) is 11.0. The highest BCUT2D eigenvalue weighted by Crippen LogP contribution is 2.23. The van der Waals surface area contributed by atoms with Gasteiger partial charge >= 0.3 is 0 Å². The molecule has 0 radical (unpaired) electrons. The van der Waals surface area contributed by atoms with Crippen LogP contribution in [-0.2, 0) is 5.41 Å². The molecular formula is C19H24N2O2. The molecule has 0 heterocycles. The number of aliphatic hydroxyl groups is 1. The van der Waals surface area contributed by atoms with Gasteiger partial charge in [-0.25, -0.2) is 0 Å². The van der Waals surface area contributed by atoms with E-state index in [1.54, 1.807) is 6.07 Å². The first kappa shape index (κ1) is 17.0. The highest BCUT2D eigenvalue weighted by atomic mass is 16.3. The van der Waals surface area contributed by atoms with E-state index >= 15 is 0 Å². The Bertz CT molecular complexity index is 639. The normalized spacial score (nSPS) is 11.1. The van der Waals surface area contributed by atoms with Crippen LogP contribution in [0.25, 0.3) is 0 Å². The molecule has 0 aliphatic carbocycles. The van der Waals surface area contributed by atoms with E-state index in [2.05, 4.69) is 36.6 Å². The Morgan fingerprint density at radius 2 is 1.83 bits per heavy atom. The molecule has 2 aromatic rings. The average molecular weight is 312 g/mol. The number of hydrogen-bond acceptors (Lipinski definition) is 3. The fourth-order valence-corrected chi connectivity index (χ4v) is 2.36. The predicted molar refractivity (Wildman–Crippen MR) is 93.8 cm³/mol. The predicted octanol–water partition coefficient (Wildman–Crippen LogP) is 2.80. The van der Waals surface area contributed by atoms with Gasteiger partial charge in [-0.2, -0.15) is 0 Å². The maximum Gasteiger partial charge on any atom is 0.251 e. The van der Waals surface area contributed by atoms with Crippen LogP contribution in [0.3, 0.4) is 0 Å². The fourth-order valence-electron chi connectivity index (χ4n) is 2.36. The molecule has 3 N–H and O–H groups in total. The molecule has 0 aliphatic rings. The number of nitrogens with one attached hydrogen (secondary N) is 2. The second-order valence-corrected chi connectivity index (χ2v) is 6.16. The minimum atomic E-state index is -0.176. The summed E-state index contributed by atoms with van der Waals surface area (Å²) in [5, 5.41) is 14.8. The molecule has 0 atom stereocenters. The Kier molecular flexibility index (Phi) is 5.77. The van der Waals surface area contributed by atoms with Crippen molar-refractivity contribution in [3.63, 3.8) is 0 Å². The molecule has 2 rings (SSSR count). The van der Waals surface area contributed by atoms with Gasteiger partial charge in [-0.1, -0.05) is 50.2 Å². The molecule has 0 aliphatic heterocycles. The van der Waals surface area contributed by atoms with Crippen LogP contribution < -0.4 is 10.6 Å². The standard InChI is InChI=1S/C19H24N2O2/c1-19(2,16-8-4-3-5-9-16)14-21-17-10-6-7-15(13-17)18(23)20-11-12-22/h3-10,13,21-22H,11-12,14H2,1-2H3,(H,20,23). The summed E-state index contributed by atoms with van der Waals surface area (Å²) < 4.78 is 0. The van der Waals surface area contributed by atoms with Gasteiger partial charge in [0.15, 0.2) is 0 Å². The Morgan fingerprint density at radius 3 is 2.52 bits per heavy atom. The van der Waals surface area contributed by atoms with Crippen molar-refractivity contribution in [2.75, 3.05) is 25.0 Å². The molecule has 0 saturated carbocycles. The van der Waals surface area contributed by atoms with Crippen LogP contribution in [0.2, 0.25) is 0 Å². The maximum atomic E-state index is 11.9. The van der Waals surface area contributed by atoms with Gasteiger partial charge in [0.05, 0.1) is 6.61 Å². The van der Waals surface area contributed by atoms with Crippen molar-refractivity contribution in [2.24, 2.45) is 0 Å². The zero-order chi connectivity index (χ0) is 16.7. The van der Waals surface area contributed by atoms with Crippen LogP contribution in [0.5, 0.6) is 0 Å². The Hall–Kier alpha value is -2.33. The number of hydrogen-bond donors (Lipinski definition) is 3. The van der Waals surface area contributed by atoms with E-state index in [1.807, 2.05) is 36.4 Å². The third kappa shape index (κ3) is 4.83. The van der Waals surface area contributed by atoms with Gasteiger partial charge in [-0.05, 0) is 23.8 Å². The first-order valence-electron chi connectivity index (χ1n) is 7.81. The van der Waals surface area contributed by atoms with E-state index in [4.69, 9.17) is 5.11 Å². The summed E-state index contributed by atoms with van der Waals surface area (Å²) in [5.41, 5.74) is 2.74. The summed E-state index contributed by atoms with van der Waals surface area (Å²) in [5.74, 6) is -0.176. The number of anilines is 1. The van der Waals surface area contributed by atoms with Crippen LogP contribution in [0.4, 0.5) is 5.69 Å². The SMILES string of the molecule is CC(C)(CNc1cccc(C(=O)NCCO)c1)c1ccccc1. The lowest BCUT2D eigenvalue weighted by Gasteiger charge is -2.26. The van der Waals surface area contributed by atoms with Crippen molar-refractivity contribution in [1.82, 2.24) is 5.32 Å². The van der Waals surface area contributed by atoms with Crippen molar-refractivity contribution in [3.05, 3.63) is 65.7 Å². The van der Waals surface area contributed by atoms with Gasteiger partial charge in [-0.15, -0.1) is 0 Å². The molecule has 1 amide bonds. The summed E-state index contributed by atoms with van der Waals surface area (Å²) in [6.45, 7) is 5.34. The number of amides is 1. The fraction of sp³-hybridized carbons (Fsp3) is 0.316. The van der Waals surface area contributed by atoms with Gasteiger partial charge in [0, 0.05) is 29.8 Å². The number of rotatable bonds is 7.